The minimum Gasteiger partial charge on any atom is -0.428 e. The summed E-state index contributed by atoms with van der Waals surface area (Å²) in [6.45, 7) is 0. The molecule has 1 rings (SSSR count). The molecule has 48 valence electrons. The highest BCUT2D eigenvalue weighted by Crippen LogP contribution is 2.21. The molecule has 0 atom stereocenters. The lowest BCUT2D eigenvalue weighted by molar-refractivity contribution is 1.57. The molecule has 0 saturated heterocycles. The zero-order chi connectivity index (χ0) is 7.56. The number of para-hydroxylation sites is 1. The van der Waals surface area contributed by atoms with E-state index in [1.54, 1.807) is 4.23 Å². The van der Waals surface area contributed by atoms with Crippen LogP contribution in [0.1, 0.15) is 0 Å². The summed E-state index contributed by atoms with van der Waals surface area (Å²) in [6.07, 6.45) is 0. The van der Waals surface area contributed by atoms with Crippen molar-refractivity contribution in [1.82, 2.24) is 0 Å². The van der Waals surface area contributed by atoms with Gasteiger partial charge >= 0.3 is 0 Å². The lowest BCUT2D eigenvalue weighted by Crippen LogP contribution is -2.13. The van der Waals surface area contributed by atoms with Crippen LogP contribution in [-0.2, 0) is 0 Å². The number of hydrogen-bond donors (Lipinski definition) is 0. The minimum atomic E-state index is 0.701. The predicted octanol–water partition coefficient (Wildman–Crippen LogP) is 1.31. The third-order valence-electron chi connectivity index (χ3n) is 1.09. The van der Waals surface area contributed by atoms with Crippen LogP contribution in [-0.4, -0.2) is 20.8 Å². The number of anilines is 1. The first kappa shape index (κ1) is 7.85. The second-order valence-electron chi connectivity index (χ2n) is 1.79. The fourth-order valence-electron chi connectivity index (χ4n) is 0.633. The van der Waals surface area contributed by atoms with Crippen LogP contribution in [0.3, 0.4) is 0 Å². The van der Waals surface area contributed by atoms with E-state index in [9.17, 15) is 0 Å². The van der Waals surface area contributed by atoms with Gasteiger partial charge in [0.25, 0.3) is 0 Å². The van der Waals surface area contributed by atoms with Gasteiger partial charge in [-0.1, -0.05) is 23.7 Å². The maximum absolute atomic E-state index is 5.82. The Morgan fingerprint density at radius 2 is 1.80 bits per heavy atom. The molecule has 0 aliphatic rings. The maximum Gasteiger partial charge on any atom is 0.178 e. The zero-order valence-electron chi connectivity index (χ0n) is 5.13. The molecule has 1 aromatic rings. The van der Waals surface area contributed by atoms with Gasteiger partial charge in [0.2, 0.25) is 0 Å². The van der Waals surface area contributed by atoms with Gasteiger partial charge in [-0.3, -0.25) is 0 Å². The molecule has 0 bridgehead atoms. The fraction of sp³-hybridized carbons (Fsp3) is 0. The Morgan fingerprint density at radius 1 is 1.20 bits per heavy atom. The number of nitrogens with zero attached hydrogens (tertiary/aromatic N) is 1. The molecule has 0 unspecified atom stereocenters. The second-order valence-corrected chi connectivity index (χ2v) is 3.54. The molecule has 0 N–H and O–H groups in total. The lowest BCUT2D eigenvalue weighted by Gasteiger charge is -2.12. The molecule has 0 amide bonds. The summed E-state index contributed by atoms with van der Waals surface area (Å²) in [5.41, 5.74) is 0.887. The molecule has 0 heterocycles. The average molecular weight is 182 g/mol. The summed E-state index contributed by atoms with van der Waals surface area (Å²) in [4.78, 5) is 0. The number of benzene rings is 1. The lowest BCUT2D eigenvalue weighted by atomic mass is 10.3. The molecule has 0 aromatic heterocycles. The summed E-state index contributed by atoms with van der Waals surface area (Å²) < 4.78 is 1.60. The molecule has 0 spiro atoms. The van der Waals surface area contributed by atoms with Crippen LogP contribution in [0.25, 0.3) is 0 Å². The second kappa shape index (κ2) is 3.23. The Morgan fingerprint density at radius 3 is 2.20 bits per heavy atom. The van der Waals surface area contributed by atoms with Gasteiger partial charge in [-0.2, -0.15) is 0 Å². The molecule has 1 aromatic carbocycles. The molecule has 4 heteroatoms. The minimum absolute atomic E-state index is 0.701. The van der Waals surface area contributed by atoms with Gasteiger partial charge in [0.05, 0.1) is 5.02 Å². The van der Waals surface area contributed by atoms with Crippen molar-refractivity contribution < 1.29 is 0 Å². The van der Waals surface area contributed by atoms with E-state index in [1.807, 2.05) is 24.3 Å². The van der Waals surface area contributed by atoms with E-state index in [0.717, 1.165) is 5.69 Å². The van der Waals surface area contributed by atoms with E-state index >= 15 is 0 Å². The fourth-order valence-corrected chi connectivity index (χ4v) is 1.39. The van der Waals surface area contributed by atoms with Crippen molar-refractivity contribution in [2.45, 2.75) is 0 Å². The van der Waals surface area contributed by atoms with Crippen LogP contribution < -0.4 is 4.23 Å². The van der Waals surface area contributed by atoms with Crippen molar-refractivity contribution in [1.29, 1.82) is 0 Å². The highest BCUT2D eigenvalue weighted by atomic mass is 35.5. The normalized spacial score (nSPS) is 9.50. The van der Waals surface area contributed by atoms with Crippen LogP contribution in [0.5, 0.6) is 0 Å². The van der Waals surface area contributed by atoms with E-state index in [4.69, 9.17) is 11.6 Å². The Kier molecular flexibility index (Phi) is 2.53. The van der Waals surface area contributed by atoms with Gasteiger partial charge in [-0.25, -0.2) is 0 Å². The van der Waals surface area contributed by atoms with E-state index in [-0.39, 0.29) is 0 Å². The van der Waals surface area contributed by atoms with Gasteiger partial charge in [0, 0.05) is 5.69 Å². The first-order chi connectivity index (χ1) is 4.72. The SMILES string of the molecule is [Si]N([Si])c1ccccc1Cl. The quantitative estimate of drug-likeness (QED) is 0.591. The topological polar surface area (TPSA) is 3.24 Å². The standard InChI is InChI=1S/C6H4ClNSi2/c7-5-3-1-2-4-6(5)8(9)10/h1-4H. The number of halogens is 1. The summed E-state index contributed by atoms with van der Waals surface area (Å²) in [5, 5.41) is 0.701. The molecule has 0 aliphatic carbocycles. The first-order valence-electron chi connectivity index (χ1n) is 2.69. The van der Waals surface area contributed by atoms with E-state index in [2.05, 4.69) is 20.8 Å². The summed E-state index contributed by atoms with van der Waals surface area (Å²) in [6, 6.07) is 7.51. The van der Waals surface area contributed by atoms with Crippen molar-refractivity contribution in [2.75, 3.05) is 4.23 Å². The smallest absolute Gasteiger partial charge is 0.178 e. The van der Waals surface area contributed by atoms with Crippen molar-refractivity contribution in [3.63, 3.8) is 0 Å². The zero-order valence-corrected chi connectivity index (χ0v) is 7.89. The summed E-state index contributed by atoms with van der Waals surface area (Å²) >= 11 is 5.82. The number of hydrogen-bond acceptors (Lipinski definition) is 1. The molecular weight excluding hydrogens is 178 g/mol. The third kappa shape index (κ3) is 1.62. The van der Waals surface area contributed by atoms with E-state index < -0.39 is 0 Å². The Hall–Kier alpha value is -0.256. The monoisotopic (exact) mass is 181 g/mol. The van der Waals surface area contributed by atoms with Crippen LogP contribution in [0, 0.1) is 0 Å². The molecule has 0 aliphatic heterocycles. The van der Waals surface area contributed by atoms with Crippen LogP contribution in [0.15, 0.2) is 24.3 Å². The van der Waals surface area contributed by atoms with Crippen LogP contribution in [0.2, 0.25) is 5.02 Å². The van der Waals surface area contributed by atoms with Gasteiger partial charge in [0.15, 0.2) is 20.8 Å². The van der Waals surface area contributed by atoms with Crippen molar-refractivity contribution >= 4 is 38.1 Å². The van der Waals surface area contributed by atoms with Gasteiger partial charge in [0.1, 0.15) is 0 Å². The van der Waals surface area contributed by atoms with E-state index in [0.29, 0.717) is 5.02 Å². The van der Waals surface area contributed by atoms with Gasteiger partial charge in [-0.05, 0) is 12.1 Å². The van der Waals surface area contributed by atoms with Gasteiger partial charge < -0.3 is 4.23 Å². The predicted molar refractivity (Wildman–Crippen MR) is 45.4 cm³/mol. The molecule has 1 nitrogen and oxygen atoms in total. The number of rotatable bonds is 1. The molecule has 10 heavy (non-hydrogen) atoms. The highest BCUT2D eigenvalue weighted by Gasteiger charge is 1.97. The third-order valence-corrected chi connectivity index (χ3v) is 1.89. The van der Waals surface area contributed by atoms with Crippen molar-refractivity contribution in [2.24, 2.45) is 0 Å². The van der Waals surface area contributed by atoms with Crippen molar-refractivity contribution in [3.05, 3.63) is 29.3 Å². The Labute approximate surface area is 72.0 Å². The molecule has 0 saturated carbocycles. The Balaban J connectivity index is 3.03. The average Bonchev–Trinajstić information content (AvgIpc) is 1.88. The van der Waals surface area contributed by atoms with Crippen LogP contribution >= 0.6 is 11.6 Å². The van der Waals surface area contributed by atoms with Gasteiger partial charge in [-0.15, -0.1) is 0 Å². The molecule has 6 radical (unpaired) electrons. The first-order valence-corrected chi connectivity index (χ1v) is 3.96. The Bertz CT molecular complexity index is 227. The maximum atomic E-state index is 5.82. The largest absolute Gasteiger partial charge is 0.428 e. The highest BCUT2D eigenvalue weighted by molar-refractivity contribution is 6.44. The van der Waals surface area contributed by atoms with Crippen molar-refractivity contribution in [3.8, 4) is 0 Å². The summed E-state index contributed by atoms with van der Waals surface area (Å²) in [7, 11) is 6.49. The molecule has 0 fully saturated rings. The van der Waals surface area contributed by atoms with Crippen LogP contribution in [0.4, 0.5) is 5.69 Å². The summed E-state index contributed by atoms with van der Waals surface area (Å²) in [5.74, 6) is 0. The molecular formula is C6H4ClNSi2. The van der Waals surface area contributed by atoms with E-state index in [1.165, 1.54) is 0 Å².